The van der Waals surface area contributed by atoms with Crippen LogP contribution in [0, 0.1) is 12.3 Å². The average Bonchev–Trinajstić information content (AvgIpc) is 2.11. The lowest BCUT2D eigenvalue weighted by Crippen LogP contribution is -1.10. The van der Waals surface area contributed by atoms with Crippen molar-refractivity contribution < 1.29 is 0 Å². The molecular weight excluding hydrogens is 72.1 g/mol. The predicted octanol–water partition coefficient (Wildman–Crippen LogP) is 1.81. The maximum Gasteiger partial charge on any atom is -0.00297 e. The summed E-state index contributed by atoms with van der Waals surface area (Å²) in [5, 5.41) is 0. The summed E-state index contributed by atoms with van der Waals surface area (Å²) in [6.07, 6.45) is 9.10. The summed E-state index contributed by atoms with van der Waals surface area (Å²) < 4.78 is 0. The number of hydrogen-bond donors (Lipinski definition) is 0. The molecule has 0 spiro atoms. The predicted molar refractivity (Wildman–Crippen MR) is 28.4 cm³/mol. The van der Waals surface area contributed by atoms with E-state index in [0.717, 1.165) is 0 Å². The van der Waals surface area contributed by atoms with Crippen LogP contribution in [-0.4, -0.2) is 0 Å². The number of rotatable bonds is 0. The van der Waals surface area contributed by atoms with E-state index in [4.69, 9.17) is 0 Å². The SMILES string of the molecule is C#CC.C1CC1. The second-order valence-corrected chi connectivity index (χ2v) is 1.35. The Morgan fingerprint density at radius 1 is 1.33 bits per heavy atom. The van der Waals surface area contributed by atoms with Crippen LogP contribution in [0.1, 0.15) is 26.2 Å². The Morgan fingerprint density at radius 2 is 1.50 bits per heavy atom. The highest BCUT2D eigenvalue weighted by Gasteiger charge is 1.95. The van der Waals surface area contributed by atoms with E-state index in [2.05, 4.69) is 12.3 Å². The molecule has 1 aliphatic carbocycles. The van der Waals surface area contributed by atoms with Crippen LogP contribution < -0.4 is 0 Å². The van der Waals surface area contributed by atoms with Crippen LogP contribution in [0.2, 0.25) is 0 Å². The van der Waals surface area contributed by atoms with Crippen LogP contribution in [0.5, 0.6) is 0 Å². The third-order valence-corrected chi connectivity index (χ3v) is 0.354. The lowest BCUT2D eigenvalue weighted by Gasteiger charge is -1.23. The molecule has 0 nitrogen and oxygen atoms in total. The summed E-state index contributed by atoms with van der Waals surface area (Å²) in [6.45, 7) is 1.65. The molecule has 0 aliphatic heterocycles. The lowest BCUT2D eigenvalue weighted by atomic mass is 10.9. The molecule has 0 heterocycles. The minimum absolute atomic E-state index is 1.50. The number of terminal acetylenes is 1. The average molecular weight is 82.1 g/mol. The molecule has 34 valence electrons. The Balaban J connectivity index is 0.0000000833. The van der Waals surface area contributed by atoms with Gasteiger partial charge in [0.2, 0.25) is 0 Å². The van der Waals surface area contributed by atoms with Gasteiger partial charge in [-0.3, -0.25) is 0 Å². The van der Waals surface area contributed by atoms with Crippen molar-refractivity contribution in [2.75, 3.05) is 0 Å². The van der Waals surface area contributed by atoms with Crippen molar-refractivity contribution in [1.82, 2.24) is 0 Å². The zero-order chi connectivity index (χ0) is 4.83. The topological polar surface area (TPSA) is 0 Å². The van der Waals surface area contributed by atoms with E-state index in [-0.39, 0.29) is 0 Å². The second kappa shape index (κ2) is 4.56. The summed E-state index contributed by atoms with van der Waals surface area (Å²) in [5.74, 6) is 2.25. The quantitative estimate of drug-likeness (QED) is 0.391. The fourth-order valence-corrected chi connectivity index (χ4v) is 0. The molecule has 0 aromatic rings. The summed E-state index contributed by atoms with van der Waals surface area (Å²) in [7, 11) is 0. The summed E-state index contributed by atoms with van der Waals surface area (Å²) in [5.41, 5.74) is 0. The molecule has 0 aromatic heterocycles. The van der Waals surface area contributed by atoms with E-state index in [1.807, 2.05) is 0 Å². The maximum atomic E-state index is 4.60. The van der Waals surface area contributed by atoms with E-state index in [9.17, 15) is 0 Å². The minimum atomic E-state index is 1.50. The molecule has 0 saturated heterocycles. The standard InChI is InChI=1S/C3H6.C3H4/c1-2-3-1;1-3-2/h1-3H2;1H,2H3. The van der Waals surface area contributed by atoms with E-state index in [1.54, 1.807) is 6.92 Å². The summed E-state index contributed by atoms with van der Waals surface area (Å²) in [6, 6.07) is 0. The van der Waals surface area contributed by atoms with Crippen LogP contribution in [0.25, 0.3) is 0 Å². The second-order valence-electron chi connectivity index (χ2n) is 1.35. The highest BCUT2D eigenvalue weighted by atomic mass is 14.0. The summed E-state index contributed by atoms with van der Waals surface area (Å²) in [4.78, 5) is 0. The van der Waals surface area contributed by atoms with Gasteiger partial charge in [0.25, 0.3) is 0 Å². The van der Waals surface area contributed by atoms with Crippen molar-refractivity contribution in [3.8, 4) is 12.3 Å². The summed E-state index contributed by atoms with van der Waals surface area (Å²) >= 11 is 0. The molecule has 1 aliphatic rings. The first-order valence-corrected chi connectivity index (χ1v) is 2.29. The molecule has 0 N–H and O–H groups in total. The molecule has 1 saturated carbocycles. The molecule has 6 heavy (non-hydrogen) atoms. The van der Waals surface area contributed by atoms with Gasteiger partial charge in [-0.1, -0.05) is 19.3 Å². The molecule has 0 radical (unpaired) electrons. The largest absolute Gasteiger partial charge is 0.120 e. The van der Waals surface area contributed by atoms with Crippen LogP contribution in [0.4, 0.5) is 0 Å². The normalized spacial score (nSPS) is 13.3. The highest BCUT2D eigenvalue weighted by Crippen LogP contribution is 2.14. The van der Waals surface area contributed by atoms with Gasteiger partial charge in [-0.05, 0) is 6.92 Å². The van der Waals surface area contributed by atoms with E-state index in [1.165, 1.54) is 19.3 Å². The molecule has 0 unspecified atom stereocenters. The fraction of sp³-hybridized carbons (Fsp3) is 0.667. The van der Waals surface area contributed by atoms with Gasteiger partial charge < -0.3 is 0 Å². The van der Waals surface area contributed by atoms with Gasteiger partial charge in [-0.2, -0.15) is 0 Å². The van der Waals surface area contributed by atoms with Crippen LogP contribution in [0.15, 0.2) is 0 Å². The van der Waals surface area contributed by atoms with Crippen molar-refractivity contribution >= 4 is 0 Å². The molecular formula is C6H10. The molecule has 0 heteroatoms. The smallest absolute Gasteiger partial charge is 0.00297 e. The Labute approximate surface area is 39.6 Å². The number of hydrogen-bond acceptors (Lipinski definition) is 0. The molecule has 1 rings (SSSR count). The van der Waals surface area contributed by atoms with Gasteiger partial charge in [0.1, 0.15) is 0 Å². The van der Waals surface area contributed by atoms with Crippen molar-refractivity contribution in [2.45, 2.75) is 26.2 Å². The van der Waals surface area contributed by atoms with E-state index >= 15 is 0 Å². The monoisotopic (exact) mass is 82.1 g/mol. The van der Waals surface area contributed by atoms with E-state index < -0.39 is 0 Å². The minimum Gasteiger partial charge on any atom is -0.120 e. The van der Waals surface area contributed by atoms with Gasteiger partial charge in [-0.25, -0.2) is 0 Å². The first-order chi connectivity index (χ1) is 2.91. The third-order valence-electron chi connectivity index (χ3n) is 0.354. The fourth-order valence-electron chi connectivity index (χ4n) is 0. The Bertz CT molecular complexity index is 42.8. The van der Waals surface area contributed by atoms with Crippen LogP contribution >= 0.6 is 0 Å². The molecule has 1 fully saturated rings. The van der Waals surface area contributed by atoms with Gasteiger partial charge in [0, 0.05) is 0 Å². The maximum absolute atomic E-state index is 4.60. The van der Waals surface area contributed by atoms with Crippen molar-refractivity contribution in [3.05, 3.63) is 0 Å². The Kier molecular flexibility index (Phi) is 4.23. The molecule has 0 atom stereocenters. The lowest BCUT2D eigenvalue weighted by molar-refractivity contribution is 1.50. The molecule has 0 bridgehead atoms. The zero-order valence-corrected chi connectivity index (χ0v) is 4.20. The highest BCUT2D eigenvalue weighted by molar-refractivity contribution is 4.73. The van der Waals surface area contributed by atoms with Crippen molar-refractivity contribution in [2.24, 2.45) is 0 Å². The van der Waals surface area contributed by atoms with Gasteiger partial charge in [-0.15, -0.1) is 12.3 Å². The molecule has 0 aromatic carbocycles. The zero-order valence-electron chi connectivity index (χ0n) is 4.20. The van der Waals surface area contributed by atoms with Gasteiger partial charge >= 0.3 is 0 Å². The van der Waals surface area contributed by atoms with Crippen LogP contribution in [-0.2, 0) is 0 Å². The van der Waals surface area contributed by atoms with Gasteiger partial charge in [0.15, 0.2) is 0 Å². The first kappa shape index (κ1) is 5.56. The Morgan fingerprint density at radius 3 is 1.50 bits per heavy atom. The van der Waals surface area contributed by atoms with E-state index in [0.29, 0.717) is 0 Å². The van der Waals surface area contributed by atoms with Crippen molar-refractivity contribution in [1.29, 1.82) is 0 Å². The van der Waals surface area contributed by atoms with Gasteiger partial charge in [0.05, 0.1) is 0 Å². The third kappa shape index (κ3) is 74.4. The Hall–Kier alpha value is -0.440. The molecule has 0 amide bonds. The van der Waals surface area contributed by atoms with Crippen LogP contribution in [0.3, 0.4) is 0 Å². The van der Waals surface area contributed by atoms with Crippen molar-refractivity contribution in [3.63, 3.8) is 0 Å². The first-order valence-electron chi connectivity index (χ1n) is 2.29.